The van der Waals surface area contributed by atoms with Crippen molar-refractivity contribution in [2.24, 2.45) is 4.99 Å². The van der Waals surface area contributed by atoms with Gasteiger partial charge >= 0.3 is 0 Å². The molecule has 1 heterocycles. The average molecular weight is 319 g/mol. The van der Waals surface area contributed by atoms with Crippen molar-refractivity contribution in [2.45, 2.75) is 12.6 Å². The van der Waals surface area contributed by atoms with Crippen molar-refractivity contribution < 1.29 is 13.2 Å². The van der Waals surface area contributed by atoms with E-state index in [1.54, 1.807) is 11.9 Å². The smallest absolute Gasteiger partial charge is 0.194 e. The molecule has 0 amide bonds. The predicted molar refractivity (Wildman–Crippen MR) is 82.4 cm³/mol. The first-order chi connectivity index (χ1) is 11.0. The van der Waals surface area contributed by atoms with E-state index in [1.807, 2.05) is 30.3 Å². The van der Waals surface area contributed by atoms with Crippen molar-refractivity contribution in [1.29, 1.82) is 0 Å². The van der Waals surface area contributed by atoms with Crippen LogP contribution in [0.4, 0.5) is 13.2 Å². The lowest BCUT2D eigenvalue weighted by molar-refractivity contribution is 0.435. The molecule has 3 rings (SSSR count). The first-order valence-electron chi connectivity index (χ1n) is 7.25. The number of hydrogen-bond donors (Lipinski definition) is 1. The van der Waals surface area contributed by atoms with Crippen molar-refractivity contribution >= 4 is 5.96 Å². The fourth-order valence-electron chi connectivity index (χ4n) is 2.58. The van der Waals surface area contributed by atoms with Crippen LogP contribution in [0.3, 0.4) is 0 Å². The zero-order valence-electron chi connectivity index (χ0n) is 12.6. The average Bonchev–Trinajstić information content (AvgIpc) is 3.03. The lowest BCUT2D eigenvalue weighted by Gasteiger charge is -2.21. The number of nitrogens with one attached hydrogen (secondary N) is 1. The van der Waals surface area contributed by atoms with Crippen LogP contribution in [-0.2, 0) is 6.54 Å². The Balaban J connectivity index is 1.67. The van der Waals surface area contributed by atoms with Gasteiger partial charge < -0.3 is 10.2 Å². The molecule has 0 bridgehead atoms. The van der Waals surface area contributed by atoms with Gasteiger partial charge in [-0.05, 0) is 23.3 Å². The van der Waals surface area contributed by atoms with Gasteiger partial charge in [0.25, 0.3) is 0 Å². The molecule has 1 aliphatic heterocycles. The second kappa shape index (κ2) is 6.32. The van der Waals surface area contributed by atoms with E-state index in [1.165, 1.54) is 0 Å². The van der Waals surface area contributed by atoms with E-state index in [4.69, 9.17) is 0 Å². The summed E-state index contributed by atoms with van der Waals surface area (Å²) in [6.45, 7) is 0.817. The minimum absolute atomic E-state index is 0.0790. The third kappa shape index (κ3) is 3.31. The molecule has 1 atom stereocenters. The Hall–Kier alpha value is -2.50. The van der Waals surface area contributed by atoms with E-state index < -0.39 is 17.5 Å². The number of aliphatic imine (C=N–C) groups is 1. The molecule has 0 spiro atoms. The molecule has 0 aromatic heterocycles. The quantitative estimate of drug-likeness (QED) is 0.880. The van der Waals surface area contributed by atoms with Gasteiger partial charge in [-0.1, -0.05) is 30.3 Å². The van der Waals surface area contributed by atoms with Gasteiger partial charge in [0.1, 0.15) is 0 Å². The number of guanidine groups is 1. The van der Waals surface area contributed by atoms with Crippen molar-refractivity contribution in [3.8, 4) is 0 Å². The van der Waals surface area contributed by atoms with Gasteiger partial charge in [0.2, 0.25) is 0 Å². The van der Waals surface area contributed by atoms with E-state index >= 15 is 0 Å². The first kappa shape index (κ1) is 15.4. The van der Waals surface area contributed by atoms with E-state index in [-0.39, 0.29) is 12.6 Å². The monoisotopic (exact) mass is 319 g/mol. The minimum Gasteiger partial charge on any atom is -0.348 e. The molecule has 3 nitrogen and oxygen atoms in total. The fraction of sp³-hybridized carbons (Fsp3) is 0.235. The Morgan fingerprint density at radius 3 is 2.43 bits per heavy atom. The maximum Gasteiger partial charge on any atom is 0.194 e. The Labute approximate surface area is 132 Å². The van der Waals surface area contributed by atoms with Crippen LogP contribution < -0.4 is 5.32 Å². The Kier molecular flexibility index (Phi) is 4.23. The number of halogens is 3. The van der Waals surface area contributed by atoms with Crippen LogP contribution in [0.5, 0.6) is 0 Å². The Bertz CT molecular complexity index is 708. The van der Waals surface area contributed by atoms with Gasteiger partial charge in [-0.25, -0.2) is 13.2 Å². The van der Waals surface area contributed by atoms with E-state index in [0.717, 1.165) is 17.7 Å². The summed E-state index contributed by atoms with van der Waals surface area (Å²) in [5.74, 6) is -3.17. The molecule has 0 saturated carbocycles. The molecule has 0 fully saturated rings. The van der Waals surface area contributed by atoms with Crippen LogP contribution >= 0.6 is 0 Å². The number of benzene rings is 2. The minimum atomic E-state index is -1.45. The lowest BCUT2D eigenvalue weighted by atomic mass is 10.1. The summed E-state index contributed by atoms with van der Waals surface area (Å²) in [7, 11) is 1.76. The second-order valence-corrected chi connectivity index (χ2v) is 5.50. The second-order valence-electron chi connectivity index (χ2n) is 5.50. The summed E-state index contributed by atoms with van der Waals surface area (Å²) in [6, 6.07) is 12.0. The highest BCUT2D eigenvalue weighted by Crippen LogP contribution is 2.19. The molecule has 2 aromatic rings. The maximum atomic E-state index is 13.3. The molecule has 0 radical (unpaired) electrons. The summed E-state index contributed by atoms with van der Waals surface area (Å²) in [5, 5.41) is 3.28. The van der Waals surface area contributed by atoms with Gasteiger partial charge in [0.05, 0.1) is 12.6 Å². The van der Waals surface area contributed by atoms with E-state index in [0.29, 0.717) is 18.1 Å². The van der Waals surface area contributed by atoms with Gasteiger partial charge in [0, 0.05) is 13.6 Å². The third-order valence-corrected chi connectivity index (χ3v) is 3.75. The molecule has 23 heavy (non-hydrogen) atoms. The molecule has 1 aliphatic rings. The lowest BCUT2D eigenvalue weighted by Crippen LogP contribution is -2.36. The summed E-state index contributed by atoms with van der Waals surface area (Å²) in [4.78, 5) is 6.17. The van der Waals surface area contributed by atoms with Crippen molar-refractivity contribution in [3.63, 3.8) is 0 Å². The van der Waals surface area contributed by atoms with E-state index in [2.05, 4.69) is 10.3 Å². The normalized spacial score (nSPS) is 16.9. The molecular weight excluding hydrogens is 303 g/mol. The maximum absolute atomic E-state index is 13.3. The van der Waals surface area contributed by atoms with Crippen LogP contribution in [0.15, 0.2) is 47.5 Å². The van der Waals surface area contributed by atoms with Crippen LogP contribution in [0.1, 0.15) is 17.2 Å². The Morgan fingerprint density at radius 1 is 1.13 bits per heavy atom. The summed E-state index contributed by atoms with van der Waals surface area (Å²) in [6.07, 6.45) is 0. The van der Waals surface area contributed by atoms with Gasteiger partial charge in [0.15, 0.2) is 23.4 Å². The SMILES string of the molecule is CN(Cc1cc(F)c(F)c(F)c1)C1=NCC(c2ccccc2)N1. The molecule has 0 aliphatic carbocycles. The number of hydrogen-bond acceptors (Lipinski definition) is 3. The van der Waals surface area contributed by atoms with Crippen LogP contribution in [0.25, 0.3) is 0 Å². The fourth-order valence-corrected chi connectivity index (χ4v) is 2.58. The molecule has 1 unspecified atom stereocenters. The summed E-state index contributed by atoms with van der Waals surface area (Å²) < 4.78 is 39.5. The highest BCUT2D eigenvalue weighted by Gasteiger charge is 2.22. The number of nitrogens with zero attached hydrogens (tertiary/aromatic N) is 2. The van der Waals surface area contributed by atoms with E-state index in [9.17, 15) is 13.2 Å². The van der Waals surface area contributed by atoms with Gasteiger partial charge in [-0.2, -0.15) is 0 Å². The zero-order chi connectivity index (χ0) is 16.4. The molecular formula is C17H16F3N3. The highest BCUT2D eigenvalue weighted by atomic mass is 19.2. The topological polar surface area (TPSA) is 27.6 Å². The predicted octanol–water partition coefficient (Wildman–Crippen LogP) is 3.24. The number of rotatable bonds is 3. The van der Waals surface area contributed by atoms with Crippen molar-refractivity contribution in [1.82, 2.24) is 10.2 Å². The summed E-state index contributed by atoms with van der Waals surface area (Å²) >= 11 is 0. The standard InChI is InChI=1S/C17H16F3N3/c1-23(10-11-7-13(18)16(20)14(19)8-11)17-21-9-15(22-17)12-5-3-2-4-6-12/h2-8,15H,9-10H2,1H3,(H,21,22). The molecule has 0 saturated heterocycles. The molecule has 1 N–H and O–H groups in total. The third-order valence-electron chi connectivity index (χ3n) is 3.75. The molecule has 120 valence electrons. The van der Waals surface area contributed by atoms with Crippen LogP contribution in [0, 0.1) is 17.5 Å². The zero-order valence-corrected chi connectivity index (χ0v) is 12.6. The largest absolute Gasteiger partial charge is 0.348 e. The van der Waals surface area contributed by atoms with Gasteiger partial charge in [-0.3, -0.25) is 4.99 Å². The first-order valence-corrected chi connectivity index (χ1v) is 7.25. The van der Waals surface area contributed by atoms with Crippen LogP contribution in [-0.4, -0.2) is 24.5 Å². The highest BCUT2D eigenvalue weighted by molar-refractivity contribution is 5.82. The van der Waals surface area contributed by atoms with Crippen molar-refractivity contribution in [3.05, 3.63) is 71.0 Å². The summed E-state index contributed by atoms with van der Waals surface area (Å²) in [5.41, 5.74) is 1.47. The molecule has 2 aromatic carbocycles. The van der Waals surface area contributed by atoms with Crippen LogP contribution in [0.2, 0.25) is 0 Å². The molecule has 6 heteroatoms. The van der Waals surface area contributed by atoms with Gasteiger partial charge in [-0.15, -0.1) is 0 Å². The Morgan fingerprint density at radius 2 is 1.78 bits per heavy atom. The van der Waals surface area contributed by atoms with Crippen molar-refractivity contribution in [2.75, 3.05) is 13.6 Å².